The van der Waals surface area contributed by atoms with Crippen molar-refractivity contribution in [2.45, 2.75) is 43.2 Å². The fraction of sp³-hybridized carbons (Fsp3) is 0.688. The molecule has 0 saturated carbocycles. The number of nitrogen functional groups attached to an aromatic ring is 1. The average molecular weight is 451 g/mol. The molecule has 2 fully saturated rings. The second-order valence-electron chi connectivity index (χ2n) is 6.64. The summed E-state index contributed by atoms with van der Waals surface area (Å²) in [6.07, 6.45) is -1.10. The zero-order valence-electron chi connectivity index (χ0n) is 15.9. The lowest BCUT2D eigenvalue weighted by Crippen LogP contribution is -2.38. The molecule has 13 heteroatoms. The van der Waals surface area contributed by atoms with Crippen LogP contribution in [0.4, 0.5) is 10.2 Å². The van der Waals surface area contributed by atoms with Crippen molar-refractivity contribution in [2.75, 3.05) is 25.6 Å². The van der Waals surface area contributed by atoms with Crippen LogP contribution in [0.1, 0.15) is 25.6 Å². The third kappa shape index (κ3) is 5.00. The molecular formula is C16H23FN3O7PS. The minimum Gasteiger partial charge on any atom is -0.466 e. The lowest BCUT2D eigenvalue weighted by atomic mass is 10.1. The summed E-state index contributed by atoms with van der Waals surface area (Å²) >= 11 is 1.13. The van der Waals surface area contributed by atoms with Crippen LogP contribution in [-0.4, -0.2) is 52.9 Å². The van der Waals surface area contributed by atoms with Gasteiger partial charge in [-0.25, -0.2) is 13.8 Å². The van der Waals surface area contributed by atoms with Crippen molar-refractivity contribution < 1.29 is 32.1 Å². The Bertz CT molecular complexity index is 856. The minimum absolute atomic E-state index is 0.0385. The van der Waals surface area contributed by atoms with E-state index in [9.17, 15) is 14.2 Å². The molecule has 2 N–H and O–H groups in total. The molecule has 2 aliphatic rings. The fourth-order valence-electron chi connectivity index (χ4n) is 2.95. The van der Waals surface area contributed by atoms with Crippen molar-refractivity contribution in [1.82, 2.24) is 9.55 Å². The predicted molar refractivity (Wildman–Crippen MR) is 103 cm³/mol. The number of rotatable bonds is 7. The highest BCUT2D eigenvalue weighted by Crippen LogP contribution is 2.60. The largest absolute Gasteiger partial charge is 0.475 e. The van der Waals surface area contributed by atoms with Crippen LogP contribution in [0.25, 0.3) is 0 Å². The molecule has 162 valence electrons. The number of fused-ring (bicyclic) bond motifs is 1. The lowest BCUT2D eigenvalue weighted by molar-refractivity contribution is -0.147. The Hall–Kier alpha value is -1.46. The Morgan fingerprint density at radius 2 is 2.34 bits per heavy atom. The van der Waals surface area contributed by atoms with Gasteiger partial charge in [-0.3, -0.25) is 22.9 Å². The van der Waals surface area contributed by atoms with Crippen molar-refractivity contribution in [3.8, 4) is 0 Å². The number of carbonyl (C=O) groups is 1. The van der Waals surface area contributed by atoms with E-state index >= 15 is 4.39 Å². The highest BCUT2D eigenvalue weighted by Gasteiger charge is 2.54. The molecule has 1 aromatic rings. The van der Waals surface area contributed by atoms with Gasteiger partial charge in [-0.05, 0) is 19.4 Å². The van der Waals surface area contributed by atoms with Gasteiger partial charge in [0.25, 0.3) is 0 Å². The number of nitrogens with two attached hydrogens (primary N) is 1. The molecule has 1 unspecified atom stereocenters. The second kappa shape index (κ2) is 9.13. The lowest BCUT2D eigenvalue weighted by Gasteiger charge is -2.31. The first-order valence-corrected chi connectivity index (χ1v) is 11.5. The quantitative estimate of drug-likeness (QED) is 0.484. The van der Waals surface area contributed by atoms with E-state index < -0.39 is 42.3 Å². The van der Waals surface area contributed by atoms with Crippen molar-refractivity contribution in [1.29, 1.82) is 0 Å². The number of phosphoric acid groups is 1. The molecule has 3 heterocycles. The molecule has 0 amide bonds. The van der Waals surface area contributed by atoms with E-state index in [1.807, 2.05) is 0 Å². The summed E-state index contributed by atoms with van der Waals surface area (Å²) in [5.41, 5.74) is 4.78. The zero-order chi connectivity index (χ0) is 21.2. The van der Waals surface area contributed by atoms with E-state index in [4.69, 9.17) is 24.0 Å². The van der Waals surface area contributed by atoms with E-state index in [0.29, 0.717) is 0 Å². The molecule has 3 rings (SSSR count). The first-order chi connectivity index (χ1) is 13.7. The molecule has 29 heavy (non-hydrogen) atoms. The molecule has 10 nitrogen and oxygen atoms in total. The average Bonchev–Trinajstić information content (AvgIpc) is 2.97. The number of aromatic nitrogens is 2. The van der Waals surface area contributed by atoms with Crippen LogP contribution < -0.4 is 11.4 Å². The topological polar surface area (TPSA) is 132 Å². The van der Waals surface area contributed by atoms with Gasteiger partial charge in [0.2, 0.25) is 0 Å². The molecule has 0 aromatic carbocycles. The van der Waals surface area contributed by atoms with Gasteiger partial charge < -0.3 is 10.5 Å². The number of hydrogen-bond acceptors (Lipinski definition) is 10. The molecular weight excluding hydrogens is 428 g/mol. The Morgan fingerprint density at radius 3 is 3.03 bits per heavy atom. The Labute approximate surface area is 170 Å². The van der Waals surface area contributed by atoms with Crippen LogP contribution in [-0.2, 0) is 27.7 Å². The summed E-state index contributed by atoms with van der Waals surface area (Å²) in [6.45, 7) is 3.48. The molecule has 0 aliphatic carbocycles. The maximum atomic E-state index is 15.0. The highest BCUT2D eigenvalue weighted by molar-refractivity contribution is 8.00. The number of phosphoric ester groups is 1. The summed E-state index contributed by atoms with van der Waals surface area (Å²) in [4.78, 5) is 27.2. The number of thioether (sulfide) groups is 1. The summed E-state index contributed by atoms with van der Waals surface area (Å²) in [7, 11) is -3.99. The van der Waals surface area contributed by atoms with Crippen molar-refractivity contribution >= 4 is 31.4 Å². The van der Waals surface area contributed by atoms with Crippen LogP contribution in [0.2, 0.25) is 0 Å². The van der Waals surface area contributed by atoms with Crippen LogP contribution in [0.15, 0.2) is 17.1 Å². The number of alkyl halides is 1. The van der Waals surface area contributed by atoms with Gasteiger partial charge >= 0.3 is 19.5 Å². The van der Waals surface area contributed by atoms with Crippen molar-refractivity contribution in [3.05, 3.63) is 22.7 Å². The van der Waals surface area contributed by atoms with Gasteiger partial charge in [0, 0.05) is 6.20 Å². The Kier molecular flexibility index (Phi) is 7.00. The maximum Gasteiger partial charge on any atom is 0.475 e. The molecule has 6 atom stereocenters. The third-order valence-corrected chi connectivity index (χ3v) is 7.52. The maximum absolute atomic E-state index is 15.0. The van der Waals surface area contributed by atoms with Gasteiger partial charge in [0.05, 0.1) is 31.0 Å². The summed E-state index contributed by atoms with van der Waals surface area (Å²) in [5, 5.41) is -1.38. The van der Waals surface area contributed by atoms with Gasteiger partial charge in [-0.2, -0.15) is 4.98 Å². The first-order valence-electron chi connectivity index (χ1n) is 9.12. The van der Waals surface area contributed by atoms with Crippen LogP contribution in [0, 0.1) is 5.92 Å². The van der Waals surface area contributed by atoms with E-state index in [0.717, 1.165) is 16.3 Å². The van der Waals surface area contributed by atoms with Crippen molar-refractivity contribution in [2.24, 2.45) is 5.92 Å². The number of nitrogens with zero attached hydrogens (tertiary/aromatic N) is 2. The van der Waals surface area contributed by atoms with Crippen molar-refractivity contribution in [3.63, 3.8) is 0 Å². The second-order valence-corrected chi connectivity index (χ2v) is 9.62. The molecule has 0 radical (unpaired) electrons. The number of carbonyl (C=O) groups excluding carboxylic acids is 1. The minimum atomic E-state index is -3.99. The first kappa shape index (κ1) is 22.2. The van der Waals surface area contributed by atoms with Crippen LogP contribution in [0.3, 0.4) is 0 Å². The molecule has 2 aliphatic heterocycles. The van der Waals surface area contributed by atoms with Gasteiger partial charge in [-0.15, -0.1) is 11.8 Å². The SMILES string of the molecule is CCOC(=O)[C@H](C)CCOP1(=O)OC[C@H]2S[C@@H](n3ccc(N)nc3=O)[C@@H](F)[C@@H]2O1. The smallest absolute Gasteiger partial charge is 0.466 e. The zero-order valence-corrected chi connectivity index (χ0v) is 17.6. The molecule has 0 bridgehead atoms. The van der Waals surface area contributed by atoms with Crippen LogP contribution in [0.5, 0.6) is 0 Å². The van der Waals surface area contributed by atoms with E-state index in [2.05, 4.69) is 4.98 Å². The fourth-order valence-corrected chi connectivity index (χ4v) is 6.03. The Morgan fingerprint density at radius 1 is 1.59 bits per heavy atom. The van der Waals surface area contributed by atoms with E-state index in [1.165, 1.54) is 12.3 Å². The van der Waals surface area contributed by atoms with Gasteiger partial charge in [0.15, 0.2) is 6.17 Å². The van der Waals surface area contributed by atoms with Crippen LogP contribution >= 0.6 is 19.6 Å². The number of hydrogen-bond donors (Lipinski definition) is 1. The summed E-state index contributed by atoms with van der Waals surface area (Å²) in [5.74, 6) is -0.803. The highest BCUT2D eigenvalue weighted by atomic mass is 32.2. The number of halogens is 1. The predicted octanol–water partition coefficient (Wildman–Crippen LogP) is 1.91. The van der Waals surface area contributed by atoms with E-state index in [-0.39, 0.29) is 38.0 Å². The number of ether oxygens (including phenoxy) is 1. The number of anilines is 1. The molecule has 2 saturated heterocycles. The third-order valence-electron chi connectivity index (χ3n) is 4.53. The normalized spacial score (nSPS) is 32.5. The van der Waals surface area contributed by atoms with Gasteiger partial charge in [0.1, 0.15) is 17.3 Å². The standard InChI is InChI=1S/C16H23FN3O7PS/c1-3-24-15(21)9(2)5-7-25-28(23)26-8-10-13(27-28)12(17)14(29-10)20-6-4-11(18)19-16(20)22/h4,6,9-10,12-14H,3,5,7-8H2,1-2H3,(H2,18,19,22)/t9-,10-,12+,13-,14-,28?/m1/s1. The number of esters is 1. The summed E-state index contributed by atoms with van der Waals surface area (Å²) < 4.78 is 49.6. The summed E-state index contributed by atoms with van der Waals surface area (Å²) in [6, 6.07) is 1.40. The molecule has 0 spiro atoms. The monoisotopic (exact) mass is 451 g/mol. The van der Waals surface area contributed by atoms with Gasteiger partial charge in [-0.1, -0.05) is 6.92 Å². The van der Waals surface area contributed by atoms with E-state index in [1.54, 1.807) is 13.8 Å². The molecule has 1 aromatic heterocycles. The Balaban J connectivity index is 1.60.